The first kappa shape index (κ1) is 17.6. The zero-order valence-electron chi connectivity index (χ0n) is 13.8. The molecule has 27 heavy (non-hydrogen) atoms. The second-order valence-corrected chi connectivity index (χ2v) is 6.50. The zero-order chi connectivity index (χ0) is 19.4. The highest BCUT2D eigenvalue weighted by atomic mass is 19.4. The minimum absolute atomic E-state index is 0.215. The van der Waals surface area contributed by atoms with E-state index in [4.69, 9.17) is 0 Å². The fourth-order valence-corrected chi connectivity index (χ4v) is 2.70. The van der Waals surface area contributed by atoms with Crippen LogP contribution in [0.1, 0.15) is 25.1 Å². The van der Waals surface area contributed by atoms with Crippen LogP contribution in [0.5, 0.6) is 5.88 Å². The maximum Gasteiger partial charge on any atom is 0.422 e. The Hall–Kier alpha value is -2.85. The average Bonchev–Trinajstić information content (AvgIpc) is 3.02. The number of pyridine rings is 1. The summed E-state index contributed by atoms with van der Waals surface area (Å²) in [6, 6.07) is 4.07. The summed E-state index contributed by atoms with van der Waals surface area (Å²) in [5.41, 5.74) is -0.480. The van der Waals surface area contributed by atoms with E-state index in [2.05, 4.69) is 25.0 Å². The van der Waals surface area contributed by atoms with Crippen molar-refractivity contribution in [3.8, 4) is 17.1 Å². The minimum Gasteiger partial charge on any atom is -0.466 e. The molecule has 3 heterocycles. The van der Waals surface area contributed by atoms with Crippen LogP contribution in [0.2, 0.25) is 0 Å². The van der Waals surface area contributed by atoms with Gasteiger partial charge in [0.25, 0.3) is 5.88 Å². The third kappa shape index (κ3) is 3.40. The van der Waals surface area contributed by atoms with E-state index in [1.165, 1.54) is 17.5 Å². The summed E-state index contributed by atoms with van der Waals surface area (Å²) in [5.74, 6) is -1.88. The smallest absolute Gasteiger partial charge is 0.422 e. The summed E-state index contributed by atoms with van der Waals surface area (Å²) >= 11 is 0. The number of halogens is 5. The van der Waals surface area contributed by atoms with Gasteiger partial charge in [-0.2, -0.15) is 22.8 Å². The van der Waals surface area contributed by atoms with Gasteiger partial charge in [0.15, 0.2) is 23.9 Å². The number of hydrogen-bond acceptors (Lipinski definition) is 5. The SMILES string of the molecule is CC1(F)C[C@@H]1c1nnc2ccc(-c3cnc(OCC(F)(F)F)c(F)c3)nn12. The summed E-state index contributed by atoms with van der Waals surface area (Å²) in [7, 11) is 0. The van der Waals surface area contributed by atoms with Gasteiger partial charge in [0, 0.05) is 11.8 Å². The number of nitrogens with zero attached hydrogens (tertiary/aromatic N) is 5. The van der Waals surface area contributed by atoms with Gasteiger partial charge < -0.3 is 4.74 Å². The molecule has 0 saturated heterocycles. The predicted molar refractivity (Wildman–Crippen MR) is 82.4 cm³/mol. The van der Waals surface area contributed by atoms with E-state index in [0.717, 1.165) is 12.3 Å². The number of alkyl halides is 4. The quantitative estimate of drug-likeness (QED) is 0.644. The summed E-state index contributed by atoms with van der Waals surface area (Å²) in [5, 5.41) is 12.2. The third-order valence-electron chi connectivity index (χ3n) is 4.24. The Bertz CT molecular complexity index is 1020. The molecular formula is C16H12F5N5O. The van der Waals surface area contributed by atoms with Crippen molar-refractivity contribution in [3.63, 3.8) is 0 Å². The van der Waals surface area contributed by atoms with Crippen LogP contribution in [0.15, 0.2) is 24.4 Å². The Morgan fingerprint density at radius 3 is 2.67 bits per heavy atom. The predicted octanol–water partition coefficient (Wildman–Crippen LogP) is 3.48. The van der Waals surface area contributed by atoms with Crippen molar-refractivity contribution in [1.82, 2.24) is 24.8 Å². The van der Waals surface area contributed by atoms with E-state index in [1.54, 1.807) is 6.07 Å². The maximum atomic E-state index is 14.0. The van der Waals surface area contributed by atoms with Gasteiger partial charge in [-0.3, -0.25) is 0 Å². The molecule has 0 aliphatic heterocycles. The van der Waals surface area contributed by atoms with Gasteiger partial charge in [0.2, 0.25) is 0 Å². The van der Waals surface area contributed by atoms with E-state index >= 15 is 0 Å². The molecule has 3 aromatic rings. The van der Waals surface area contributed by atoms with Crippen LogP contribution in [-0.2, 0) is 0 Å². The number of aromatic nitrogens is 5. The number of hydrogen-bond donors (Lipinski definition) is 0. The van der Waals surface area contributed by atoms with Crippen LogP contribution in [0.25, 0.3) is 16.9 Å². The third-order valence-corrected chi connectivity index (χ3v) is 4.24. The maximum absolute atomic E-state index is 14.0. The molecule has 11 heteroatoms. The van der Waals surface area contributed by atoms with E-state index < -0.39 is 36.1 Å². The Balaban J connectivity index is 1.64. The highest BCUT2D eigenvalue weighted by Gasteiger charge is 2.54. The molecule has 0 bridgehead atoms. The Labute approximate surface area is 149 Å². The van der Waals surface area contributed by atoms with Gasteiger partial charge in [-0.25, -0.2) is 13.8 Å². The van der Waals surface area contributed by atoms with Crippen LogP contribution in [-0.4, -0.2) is 43.2 Å². The lowest BCUT2D eigenvalue weighted by molar-refractivity contribution is -0.154. The van der Waals surface area contributed by atoms with Gasteiger partial charge in [0.1, 0.15) is 5.67 Å². The number of rotatable bonds is 4. The number of fused-ring (bicyclic) bond motifs is 1. The lowest BCUT2D eigenvalue weighted by Gasteiger charge is -2.09. The summed E-state index contributed by atoms with van der Waals surface area (Å²) < 4.78 is 70.2. The molecule has 3 aromatic heterocycles. The normalized spacial score (nSPS) is 22.2. The van der Waals surface area contributed by atoms with Crippen molar-refractivity contribution in [2.75, 3.05) is 6.61 Å². The molecule has 1 fully saturated rings. The lowest BCUT2D eigenvalue weighted by atomic mass is 10.2. The van der Waals surface area contributed by atoms with Gasteiger partial charge in [0.05, 0.1) is 11.6 Å². The van der Waals surface area contributed by atoms with E-state index in [-0.39, 0.29) is 11.3 Å². The van der Waals surface area contributed by atoms with Crippen LogP contribution < -0.4 is 4.74 Å². The molecular weight excluding hydrogens is 373 g/mol. The van der Waals surface area contributed by atoms with Crippen molar-refractivity contribution in [1.29, 1.82) is 0 Å². The molecule has 1 unspecified atom stereocenters. The molecule has 0 aromatic carbocycles. The van der Waals surface area contributed by atoms with Crippen molar-refractivity contribution in [3.05, 3.63) is 36.0 Å². The fourth-order valence-electron chi connectivity index (χ4n) is 2.70. The van der Waals surface area contributed by atoms with Crippen molar-refractivity contribution in [2.24, 2.45) is 0 Å². The van der Waals surface area contributed by atoms with Crippen LogP contribution in [0.4, 0.5) is 22.0 Å². The summed E-state index contributed by atoms with van der Waals surface area (Å²) in [6.07, 6.45) is -3.15. The Morgan fingerprint density at radius 2 is 2.04 bits per heavy atom. The molecule has 4 rings (SSSR count). The fraction of sp³-hybridized carbons (Fsp3) is 0.375. The molecule has 6 nitrogen and oxygen atoms in total. The number of ether oxygens (including phenoxy) is 1. The van der Waals surface area contributed by atoms with Crippen LogP contribution in [0, 0.1) is 5.82 Å². The molecule has 142 valence electrons. The lowest BCUT2D eigenvalue weighted by Crippen LogP contribution is -2.20. The molecule has 0 radical (unpaired) electrons. The highest BCUT2D eigenvalue weighted by Crippen LogP contribution is 2.53. The molecule has 1 aliphatic rings. The standard InChI is InChI=1S/C16H12F5N5O/c1-15(18)5-9(15)13-24-23-12-3-2-11(25-26(12)13)8-4-10(17)14(22-6-8)27-7-16(19,20)21/h2-4,6,9H,5,7H2,1H3/t9-,15?/m1/s1. The van der Waals surface area contributed by atoms with Gasteiger partial charge in [-0.1, -0.05) is 0 Å². The van der Waals surface area contributed by atoms with Gasteiger partial charge >= 0.3 is 6.18 Å². The molecule has 0 spiro atoms. The van der Waals surface area contributed by atoms with E-state index in [0.29, 0.717) is 17.9 Å². The minimum atomic E-state index is -4.60. The molecule has 1 aliphatic carbocycles. The van der Waals surface area contributed by atoms with Crippen LogP contribution >= 0.6 is 0 Å². The van der Waals surface area contributed by atoms with Crippen molar-refractivity contribution < 1.29 is 26.7 Å². The first-order chi connectivity index (χ1) is 12.6. The molecule has 2 atom stereocenters. The van der Waals surface area contributed by atoms with Crippen molar-refractivity contribution >= 4 is 5.65 Å². The topological polar surface area (TPSA) is 65.2 Å². The Morgan fingerprint density at radius 1 is 1.30 bits per heavy atom. The monoisotopic (exact) mass is 385 g/mol. The molecule has 1 saturated carbocycles. The zero-order valence-corrected chi connectivity index (χ0v) is 13.8. The van der Waals surface area contributed by atoms with E-state index in [9.17, 15) is 22.0 Å². The summed E-state index contributed by atoms with van der Waals surface area (Å²) in [4.78, 5) is 3.58. The van der Waals surface area contributed by atoms with E-state index in [1.807, 2.05) is 0 Å². The van der Waals surface area contributed by atoms with Crippen LogP contribution in [0.3, 0.4) is 0 Å². The molecule has 0 amide bonds. The van der Waals surface area contributed by atoms with Gasteiger partial charge in [-0.15, -0.1) is 10.2 Å². The highest BCUT2D eigenvalue weighted by molar-refractivity contribution is 5.60. The second-order valence-electron chi connectivity index (χ2n) is 6.50. The second kappa shape index (κ2) is 5.83. The van der Waals surface area contributed by atoms with Gasteiger partial charge in [-0.05, 0) is 31.5 Å². The first-order valence-corrected chi connectivity index (χ1v) is 7.91. The Kier molecular flexibility index (Phi) is 3.79. The average molecular weight is 385 g/mol. The first-order valence-electron chi connectivity index (χ1n) is 7.91. The summed E-state index contributed by atoms with van der Waals surface area (Å²) in [6.45, 7) is -0.185. The van der Waals surface area contributed by atoms with Crippen molar-refractivity contribution in [2.45, 2.75) is 31.1 Å². The largest absolute Gasteiger partial charge is 0.466 e. The molecule has 0 N–H and O–H groups in total.